The van der Waals surface area contributed by atoms with Crippen LogP contribution in [0.1, 0.15) is 0 Å². The third-order valence-corrected chi connectivity index (χ3v) is 12.0. The number of hydrogen-bond donors (Lipinski definition) is 0. The molecular formula is C56H36N2O. The minimum Gasteiger partial charge on any atom is -0.455 e. The van der Waals surface area contributed by atoms with Crippen molar-refractivity contribution in [2.75, 3.05) is 4.90 Å². The summed E-state index contributed by atoms with van der Waals surface area (Å²) in [5.74, 6) is 0. The maximum atomic E-state index is 6.65. The lowest BCUT2D eigenvalue weighted by atomic mass is 9.96. The minimum absolute atomic E-state index is 0.890. The molecule has 0 amide bonds. The molecule has 0 atom stereocenters. The van der Waals surface area contributed by atoms with Gasteiger partial charge in [-0.25, -0.2) is 0 Å². The predicted octanol–water partition coefficient (Wildman–Crippen LogP) is 15.8. The maximum Gasteiger partial charge on any atom is 0.143 e. The Bertz CT molecular complexity index is 3520. The second kappa shape index (κ2) is 13.4. The number of hydrogen-bond acceptors (Lipinski definition) is 2. The van der Waals surface area contributed by atoms with E-state index < -0.39 is 0 Å². The van der Waals surface area contributed by atoms with Crippen LogP contribution in [0.5, 0.6) is 0 Å². The molecule has 10 aromatic carbocycles. The number of rotatable bonds is 6. The van der Waals surface area contributed by atoms with Crippen LogP contribution in [-0.4, -0.2) is 4.57 Å². The minimum atomic E-state index is 0.890. The van der Waals surface area contributed by atoms with Crippen LogP contribution in [-0.2, 0) is 0 Å². The molecule has 3 heteroatoms. The normalized spacial score (nSPS) is 11.7. The zero-order valence-corrected chi connectivity index (χ0v) is 32.1. The lowest BCUT2D eigenvalue weighted by Crippen LogP contribution is -2.12. The van der Waals surface area contributed by atoms with Crippen LogP contribution in [0.25, 0.3) is 93.2 Å². The van der Waals surface area contributed by atoms with Gasteiger partial charge in [0.1, 0.15) is 11.2 Å². The molecule has 59 heavy (non-hydrogen) atoms. The molecule has 12 aromatic rings. The van der Waals surface area contributed by atoms with Crippen LogP contribution in [0.3, 0.4) is 0 Å². The second-order valence-electron chi connectivity index (χ2n) is 15.2. The lowest BCUT2D eigenvalue weighted by molar-refractivity contribution is 0.670. The highest BCUT2D eigenvalue weighted by atomic mass is 16.3. The Balaban J connectivity index is 1.08. The van der Waals surface area contributed by atoms with E-state index in [0.717, 1.165) is 61.4 Å². The summed E-state index contributed by atoms with van der Waals surface area (Å²) in [6, 6.07) is 78.7. The van der Waals surface area contributed by atoms with Crippen LogP contribution in [0.15, 0.2) is 223 Å². The number of aromatic nitrogens is 1. The third kappa shape index (κ3) is 5.22. The summed E-state index contributed by atoms with van der Waals surface area (Å²) >= 11 is 0. The van der Waals surface area contributed by atoms with Gasteiger partial charge >= 0.3 is 0 Å². The van der Waals surface area contributed by atoms with Gasteiger partial charge in [-0.15, -0.1) is 0 Å². The van der Waals surface area contributed by atoms with Crippen LogP contribution in [0.2, 0.25) is 0 Å². The van der Waals surface area contributed by atoms with Gasteiger partial charge in [0.15, 0.2) is 0 Å². The van der Waals surface area contributed by atoms with Crippen molar-refractivity contribution in [1.29, 1.82) is 0 Å². The molecule has 0 aliphatic carbocycles. The average Bonchev–Trinajstić information content (AvgIpc) is 3.86. The predicted molar refractivity (Wildman–Crippen MR) is 249 cm³/mol. The van der Waals surface area contributed by atoms with Gasteiger partial charge in [-0.1, -0.05) is 170 Å². The Hall–Kier alpha value is -7.88. The molecule has 2 heterocycles. The van der Waals surface area contributed by atoms with E-state index in [1.54, 1.807) is 0 Å². The number of anilines is 3. The fourth-order valence-electron chi connectivity index (χ4n) is 9.37. The molecule has 0 saturated heterocycles. The molecule has 3 nitrogen and oxygen atoms in total. The topological polar surface area (TPSA) is 21.3 Å². The van der Waals surface area contributed by atoms with E-state index in [-0.39, 0.29) is 0 Å². The van der Waals surface area contributed by atoms with Crippen LogP contribution < -0.4 is 4.90 Å². The van der Waals surface area contributed by atoms with Crippen molar-refractivity contribution in [2.24, 2.45) is 0 Å². The van der Waals surface area contributed by atoms with Gasteiger partial charge in [-0.2, -0.15) is 0 Å². The molecule has 0 aliphatic heterocycles. The van der Waals surface area contributed by atoms with E-state index in [9.17, 15) is 0 Å². The Labute approximate surface area is 341 Å². The third-order valence-electron chi connectivity index (χ3n) is 12.0. The summed E-state index contributed by atoms with van der Waals surface area (Å²) < 4.78 is 9.06. The van der Waals surface area contributed by atoms with Crippen molar-refractivity contribution in [2.45, 2.75) is 0 Å². The number of para-hydroxylation sites is 6. The van der Waals surface area contributed by atoms with E-state index in [0.29, 0.717) is 0 Å². The molecule has 276 valence electrons. The zero-order chi connectivity index (χ0) is 38.9. The molecule has 0 spiro atoms. The first kappa shape index (κ1) is 33.3. The summed E-state index contributed by atoms with van der Waals surface area (Å²) in [6.45, 7) is 0. The summed E-state index contributed by atoms with van der Waals surface area (Å²) in [5.41, 5.74) is 13.0. The van der Waals surface area contributed by atoms with Gasteiger partial charge in [-0.05, 0) is 70.3 Å². The van der Waals surface area contributed by atoms with Crippen molar-refractivity contribution in [1.82, 2.24) is 4.57 Å². The fourth-order valence-corrected chi connectivity index (χ4v) is 9.37. The van der Waals surface area contributed by atoms with Gasteiger partial charge in [0.05, 0.1) is 28.1 Å². The van der Waals surface area contributed by atoms with Crippen LogP contribution in [0, 0.1) is 0 Å². The number of fused-ring (bicyclic) bond motifs is 9. The van der Waals surface area contributed by atoms with Crippen molar-refractivity contribution < 1.29 is 4.42 Å². The Morgan fingerprint density at radius 2 is 0.915 bits per heavy atom. The molecule has 0 bridgehead atoms. The molecule has 0 saturated carbocycles. The summed E-state index contributed by atoms with van der Waals surface area (Å²) in [6.07, 6.45) is 0. The molecule has 0 unspecified atom stereocenters. The second-order valence-corrected chi connectivity index (χ2v) is 15.2. The Morgan fingerprint density at radius 3 is 1.69 bits per heavy atom. The number of furan rings is 1. The van der Waals surface area contributed by atoms with Gasteiger partial charge in [-0.3, -0.25) is 0 Å². The van der Waals surface area contributed by atoms with Crippen molar-refractivity contribution in [3.8, 4) is 27.9 Å². The molecule has 0 radical (unpaired) electrons. The molecule has 12 rings (SSSR count). The van der Waals surface area contributed by atoms with Gasteiger partial charge < -0.3 is 13.9 Å². The number of benzene rings is 10. The molecular weight excluding hydrogens is 717 g/mol. The SMILES string of the molecule is c1ccc(N(c2ccc(-c3ccccc3-n3c4ccccc4c4ccccc43)cc2)c2cc3ccccc3c3ccccc23)c(-c2cccc3c2oc2ccccc23)c1. The van der Waals surface area contributed by atoms with E-state index >= 15 is 0 Å². The van der Waals surface area contributed by atoms with Crippen molar-refractivity contribution in [3.05, 3.63) is 218 Å². The summed E-state index contributed by atoms with van der Waals surface area (Å²) in [5, 5.41) is 9.58. The first-order valence-electron chi connectivity index (χ1n) is 20.2. The largest absolute Gasteiger partial charge is 0.455 e. The van der Waals surface area contributed by atoms with E-state index in [4.69, 9.17) is 4.42 Å². The monoisotopic (exact) mass is 752 g/mol. The van der Waals surface area contributed by atoms with Crippen molar-refractivity contribution in [3.63, 3.8) is 0 Å². The average molecular weight is 753 g/mol. The summed E-state index contributed by atoms with van der Waals surface area (Å²) in [7, 11) is 0. The zero-order valence-electron chi connectivity index (χ0n) is 32.1. The smallest absolute Gasteiger partial charge is 0.143 e. The first-order chi connectivity index (χ1) is 29.3. The Morgan fingerprint density at radius 1 is 0.356 bits per heavy atom. The highest BCUT2D eigenvalue weighted by Crippen LogP contribution is 2.47. The maximum absolute atomic E-state index is 6.65. The van der Waals surface area contributed by atoms with E-state index in [2.05, 4.69) is 222 Å². The highest BCUT2D eigenvalue weighted by Gasteiger charge is 2.23. The quantitative estimate of drug-likeness (QED) is 0.158. The number of nitrogens with zero attached hydrogens (tertiary/aromatic N) is 2. The molecule has 0 fully saturated rings. The van der Waals surface area contributed by atoms with Crippen LogP contribution in [0.4, 0.5) is 17.1 Å². The highest BCUT2D eigenvalue weighted by molar-refractivity contribution is 6.16. The van der Waals surface area contributed by atoms with E-state index in [1.165, 1.54) is 48.9 Å². The van der Waals surface area contributed by atoms with Gasteiger partial charge in [0.25, 0.3) is 0 Å². The van der Waals surface area contributed by atoms with Gasteiger partial charge in [0.2, 0.25) is 0 Å². The fraction of sp³-hybridized carbons (Fsp3) is 0. The molecule has 2 aromatic heterocycles. The molecule has 0 aliphatic rings. The standard InChI is InChI=1S/C56H36N2O/c1-2-17-40-38(16-1)36-54(43-20-4-3-19-42(40)43)57(51-28-11-8-23-46(51)48-25-15-26-49-47-24-9-14-31-55(47)59-56(48)49)39-34-32-37(33-35-39)41-18-5-10-27-50(41)58-52-29-12-6-21-44(52)45-22-7-13-30-53(45)58/h1-36H. The van der Waals surface area contributed by atoms with Gasteiger partial charge in [0, 0.05) is 49.3 Å². The summed E-state index contributed by atoms with van der Waals surface area (Å²) in [4.78, 5) is 2.44. The molecule has 0 N–H and O–H groups in total. The van der Waals surface area contributed by atoms with Crippen LogP contribution >= 0.6 is 0 Å². The van der Waals surface area contributed by atoms with Crippen molar-refractivity contribution >= 4 is 82.4 Å². The lowest BCUT2D eigenvalue weighted by Gasteiger charge is -2.30. The first-order valence-corrected chi connectivity index (χ1v) is 20.2. The Kier molecular flexibility index (Phi) is 7.54. The van der Waals surface area contributed by atoms with E-state index in [1.807, 2.05) is 6.07 Å².